The van der Waals surface area contributed by atoms with Crippen LogP contribution >= 0.6 is 11.8 Å². The third-order valence-electron chi connectivity index (χ3n) is 10.9. The van der Waals surface area contributed by atoms with E-state index in [9.17, 15) is 2.74 Å². The summed E-state index contributed by atoms with van der Waals surface area (Å²) < 4.78 is 33.2. The van der Waals surface area contributed by atoms with Gasteiger partial charge in [-0.3, -0.25) is 4.99 Å². The van der Waals surface area contributed by atoms with E-state index in [4.69, 9.17) is 19.5 Å². The minimum Gasteiger partial charge on any atom is -0.510 e. The number of aryl methyl sites for hydroxylation is 5. The standard InChI is InChI=1S/C47H49N3O2S.Pt/c1-27-13-14-39-40(17-27)53-41-18-29(3)26-48-42(41)50(39)35-15-28(2)16-36(24-35)51-37-22-32(21-34(23-37)44(6,7)8)43-49-46(12)38-20-31(5)30(4)19-33(38)25-47(46,52-43)45(9,10)11;/h13-21,23,26H,25H2,1-12H3;/q-2;+2/t46-,47-;/m1./s1/i25D2;. The van der Waals surface area contributed by atoms with Crippen LogP contribution in [0.3, 0.4) is 0 Å². The van der Waals surface area contributed by atoms with Gasteiger partial charge in [0.1, 0.15) is 22.9 Å². The molecule has 2 aliphatic heterocycles. The van der Waals surface area contributed by atoms with Crippen molar-refractivity contribution in [3.63, 3.8) is 0 Å². The van der Waals surface area contributed by atoms with Crippen LogP contribution in [0.15, 0.2) is 81.6 Å². The molecule has 0 bridgehead atoms. The molecule has 0 saturated carbocycles. The SMILES string of the molecule is [2H]C1([2H])c2cc(C)c(C)cc2[C@@]2(C)N=C(c3[c-]c(Oc4[c-]c(N5c6ccc(C)cc6Sc6cc(C)cnc65)cc(C)c4)cc(C(C)(C)C)c3)O[C@@]12C(C)(C)C.[Pt+2]. The summed E-state index contributed by atoms with van der Waals surface area (Å²) >= 11 is 1.74. The molecule has 0 fully saturated rings. The Morgan fingerprint density at radius 2 is 1.54 bits per heavy atom. The molecular weight excluding hydrogens is 866 g/mol. The summed E-state index contributed by atoms with van der Waals surface area (Å²) in [4.78, 5) is 14.7. The Balaban J connectivity index is 0.00000480. The first-order valence-corrected chi connectivity index (χ1v) is 19.2. The molecule has 5 nitrogen and oxygen atoms in total. The first-order valence-electron chi connectivity index (χ1n) is 19.4. The number of hydrogen-bond donors (Lipinski definition) is 0. The second-order valence-electron chi connectivity index (χ2n) is 17.3. The summed E-state index contributed by atoms with van der Waals surface area (Å²) in [6.07, 6.45) is 0.0785. The van der Waals surface area contributed by atoms with Crippen molar-refractivity contribution in [1.29, 1.82) is 0 Å². The predicted molar refractivity (Wildman–Crippen MR) is 217 cm³/mol. The van der Waals surface area contributed by atoms with Gasteiger partial charge in [0.25, 0.3) is 0 Å². The average Bonchev–Trinajstić information content (AvgIpc) is 3.49. The zero-order valence-corrected chi connectivity index (χ0v) is 36.3. The molecule has 3 aliphatic rings. The quantitative estimate of drug-likeness (QED) is 0.165. The Morgan fingerprint density at radius 1 is 0.833 bits per heavy atom. The maximum Gasteiger partial charge on any atom is 2.00 e. The molecule has 4 aromatic carbocycles. The number of aromatic nitrogens is 1. The third-order valence-corrected chi connectivity index (χ3v) is 12.0. The molecule has 1 aromatic heterocycles. The Kier molecular flexibility index (Phi) is 8.71. The summed E-state index contributed by atoms with van der Waals surface area (Å²) in [7, 11) is 0. The Hall–Kier alpha value is -3.86. The zero-order valence-electron chi connectivity index (χ0n) is 35.2. The van der Waals surface area contributed by atoms with Gasteiger partial charge in [0.15, 0.2) is 0 Å². The van der Waals surface area contributed by atoms with E-state index in [1.807, 2.05) is 38.2 Å². The van der Waals surface area contributed by atoms with Crippen molar-refractivity contribution < 1.29 is 33.3 Å². The normalized spacial score (nSPS) is 21.4. The molecule has 0 spiro atoms. The molecule has 0 unspecified atom stereocenters. The van der Waals surface area contributed by atoms with E-state index in [0.717, 1.165) is 60.4 Å². The maximum absolute atomic E-state index is 9.73. The minimum atomic E-state index is -1.83. The van der Waals surface area contributed by atoms with E-state index in [-0.39, 0.29) is 26.5 Å². The van der Waals surface area contributed by atoms with E-state index < -0.39 is 22.9 Å². The largest absolute Gasteiger partial charge is 2.00 e. The van der Waals surface area contributed by atoms with Crippen LogP contribution in [0.1, 0.15) is 101 Å². The van der Waals surface area contributed by atoms with Gasteiger partial charge in [0, 0.05) is 37.1 Å². The van der Waals surface area contributed by atoms with Crippen molar-refractivity contribution in [2.24, 2.45) is 10.4 Å². The fraction of sp³-hybridized carbons (Fsp3) is 0.362. The first-order chi connectivity index (χ1) is 25.6. The Labute approximate surface area is 343 Å². The molecule has 0 amide bonds. The molecule has 0 saturated heterocycles. The number of benzene rings is 4. The van der Waals surface area contributed by atoms with Gasteiger partial charge >= 0.3 is 21.1 Å². The monoisotopic (exact) mass is 916 g/mol. The topological polar surface area (TPSA) is 47.0 Å². The van der Waals surface area contributed by atoms with Gasteiger partial charge in [-0.1, -0.05) is 102 Å². The molecule has 0 radical (unpaired) electrons. The number of rotatable bonds is 4. The van der Waals surface area contributed by atoms with E-state index >= 15 is 0 Å². The van der Waals surface area contributed by atoms with Gasteiger partial charge < -0.3 is 14.4 Å². The van der Waals surface area contributed by atoms with E-state index in [0.29, 0.717) is 28.5 Å². The number of aliphatic imine (C=N–C) groups is 1. The number of ether oxygens (including phenoxy) is 2. The van der Waals surface area contributed by atoms with Crippen molar-refractivity contribution in [3.8, 4) is 11.5 Å². The number of fused-ring (bicyclic) bond motifs is 5. The Bertz CT molecular complexity index is 2420. The van der Waals surface area contributed by atoms with E-state index in [1.165, 1.54) is 5.56 Å². The van der Waals surface area contributed by atoms with Crippen LogP contribution in [-0.2, 0) is 43.1 Å². The van der Waals surface area contributed by atoms with Crippen LogP contribution in [0.5, 0.6) is 11.5 Å². The predicted octanol–water partition coefficient (Wildman–Crippen LogP) is 12.3. The van der Waals surface area contributed by atoms with E-state index in [2.05, 4.69) is 129 Å². The van der Waals surface area contributed by atoms with Crippen LogP contribution in [0.25, 0.3) is 0 Å². The fourth-order valence-corrected chi connectivity index (χ4v) is 9.12. The molecule has 5 aromatic rings. The molecule has 3 heterocycles. The van der Waals surface area contributed by atoms with Crippen LogP contribution in [0.4, 0.5) is 17.2 Å². The molecule has 1 aliphatic carbocycles. The van der Waals surface area contributed by atoms with Crippen LogP contribution in [0.2, 0.25) is 0 Å². The van der Waals surface area contributed by atoms with Crippen molar-refractivity contribution >= 4 is 34.9 Å². The summed E-state index contributed by atoms with van der Waals surface area (Å²) in [6.45, 7) is 25.0. The fourth-order valence-electron chi connectivity index (χ4n) is 7.89. The van der Waals surface area contributed by atoms with Gasteiger partial charge in [0.05, 0.1) is 10.6 Å². The zero-order chi connectivity index (χ0) is 39.6. The average molecular weight is 917 g/mol. The van der Waals surface area contributed by atoms with Gasteiger partial charge in [-0.15, -0.1) is 29.8 Å². The third kappa shape index (κ3) is 6.22. The van der Waals surface area contributed by atoms with Gasteiger partial charge in [-0.25, -0.2) is 4.98 Å². The van der Waals surface area contributed by atoms with Gasteiger partial charge in [-0.2, -0.15) is 5.56 Å². The molecule has 0 N–H and O–H groups in total. The second kappa shape index (κ2) is 13.1. The number of hydrogen-bond acceptors (Lipinski definition) is 6. The molecule has 54 heavy (non-hydrogen) atoms. The van der Waals surface area contributed by atoms with Crippen LogP contribution in [0, 0.1) is 52.2 Å². The molecule has 2 atom stereocenters. The van der Waals surface area contributed by atoms with Crippen molar-refractivity contribution in [3.05, 3.63) is 129 Å². The van der Waals surface area contributed by atoms with Crippen LogP contribution in [-0.4, -0.2) is 16.5 Å². The summed E-state index contributed by atoms with van der Waals surface area (Å²) in [5.74, 6) is 2.27. The maximum atomic E-state index is 9.73. The number of pyridine rings is 1. The summed E-state index contributed by atoms with van der Waals surface area (Å²) in [5, 5.41) is 0. The van der Waals surface area contributed by atoms with Crippen LogP contribution < -0.4 is 9.64 Å². The summed E-state index contributed by atoms with van der Waals surface area (Å²) in [6, 6.07) is 28.0. The number of nitrogens with zero attached hydrogens (tertiary/aromatic N) is 3. The van der Waals surface area contributed by atoms with Crippen molar-refractivity contribution in [1.82, 2.24) is 4.98 Å². The molecule has 8 rings (SSSR count). The minimum absolute atomic E-state index is 0. The molecule has 280 valence electrons. The smallest absolute Gasteiger partial charge is 0.510 e. The molecule has 7 heteroatoms. The molecular formula is C47H49N3O2PtS. The Morgan fingerprint density at radius 3 is 2.26 bits per heavy atom. The van der Waals surface area contributed by atoms with Gasteiger partial charge in [0.2, 0.25) is 0 Å². The first kappa shape index (κ1) is 35.8. The van der Waals surface area contributed by atoms with Crippen molar-refractivity contribution in [2.75, 3.05) is 4.90 Å². The van der Waals surface area contributed by atoms with Gasteiger partial charge in [-0.05, 0) is 91.6 Å². The second-order valence-corrected chi connectivity index (χ2v) is 18.4. The number of anilines is 3. The van der Waals surface area contributed by atoms with E-state index in [1.54, 1.807) is 11.8 Å². The van der Waals surface area contributed by atoms with Crippen molar-refractivity contribution in [2.45, 2.75) is 116 Å². The summed E-state index contributed by atoms with van der Waals surface area (Å²) in [5.41, 5.74) is 7.32.